The van der Waals surface area contributed by atoms with Crippen LogP contribution in [0, 0.1) is 0 Å². The molecule has 1 aromatic carbocycles. The van der Waals surface area contributed by atoms with Crippen molar-refractivity contribution < 1.29 is 14.7 Å². The Labute approximate surface area is 109 Å². The zero-order valence-electron chi connectivity index (χ0n) is 9.04. The normalized spacial score (nSPS) is 11.9. The van der Waals surface area contributed by atoms with Crippen LogP contribution >= 0.6 is 23.2 Å². The van der Waals surface area contributed by atoms with E-state index in [1.165, 1.54) is 18.2 Å². The van der Waals surface area contributed by atoms with E-state index in [1.807, 2.05) is 0 Å². The van der Waals surface area contributed by atoms with E-state index in [0.717, 1.165) is 0 Å². The zero-order chi connectivity index (χ0) is 13.0. The minimum Gasteiger partial charge on any atom is -0.480 e. The number of carboxylic acids is 1. The third-order valence-electron chi connectivity index (χ3n) is 2.19. The van der Waals surface area contributed by atoms with E-state index in [1.54, 1.807) is 6.92 Å². The first-order valence-electron chi connectivity index (χ1n) is 4.94. The standard InChI is InChI=1S/C11H11Cl2NO3/c1-2-9(11(16)17)14-10(15)6-3-4-7(12)8(13)5-6/h3-5,9H,2H2,1H3,(H,14,15)(H,16,17). The van der Waals surface area contributed by atoms with Crippen LogP contribution in [0.5, 0.6) is 0 Å². The summed E-state index contributed by atoms with van der Waals surface area (Å²) in [6.45, 7) is 1.67. The highest BCUT2D eigenvalue weighted by Gasteiger charge is 2.18. The van der Waals surface area contributed by atoms with Gasteiger partial charge in [-0.1, -0.05) is 30.1 Å². The lowest BCUT2D eigenvalue weighted by atomic mass is 10.1. The van der Waals surface area contributed by atoms with Gasteiger partial charge in [0, 0.05) is 5.56 Å². The van der Waals surface area contributed by atoms with Gasteiger partial charge in [0.1, 0.15) is 6.04 Å². The van der Waals surface area contributed by atoms with Crippen LogP contribution < -0.4 is 5.32 Å². The monoisotopic (exact) mass is 275 g/mol. The molecule has 92 valence electrons. The Bertz CT molecular complexity index is 448. The lowest BCUT2D eigenvalue weighted by Crippen LogP contribution is -2.40. The van der Waals surface area contributed by atoms with Crippen LogP contribution in [0.15, 0.2) is 18.2 Å². The number of hydrogen-bond acceptors (Lipinski definition) is 2. The molecular formula is C11H11Cl2NO3. The van der Waals surface area contributed by atoms with Crippen LogP contribution in [0.25, 0.3) is 0 Å². The summed E-state index contributed by atoms with van der Waals surface area (Å²) in [6, 6.07) is 3.46. The largest absolute Gasteiger partial charge is 0.480 e. The lowest BCUT2D eigenvalue weighted by molar-refractivity contribution is -0.139. The molecule has 0 heterocycles. The first-order chi connectivity index (χ1) is 7.95. The van der Waals surface area contributed by atoms with Crippen LogP contribution in [0.3, 0.4) is 0 Å². The van der Waals surface area contributed by atoms with Gasteiger partial charge in [-0.25, -0.2) is 4.79 Å². The van der Waals surface area contributed by atoms with E-state index in [0.29, 0.717) is 11.4 Å². The maximum absolute atomic E-state index is 11.7. The van der Waals surface area contributed by atoms with Gasteiger partial charge in [0.2, 0.25) is 0 Å². The van der Waals surface area contributed by atoms with Crippen molar-refractivity contribution in [1.82, 2.24) is 5.32 Å². The molecule has 0 aliphatic carbocycles. The number of carbonyl (C=O) groups is 2. The molecule has 0 aromatic heterocycles. The minimum atomic E-state index is -1.07. The van der Waals surface area contributed by atoms with Gasteiger partial charge in [-0.05, 0) is 24.6 Å². The molecule has 0 spiro atoms. The Hall–Kier alpha value is -1.26. The van der Waals surface area contributed by atoms with Crippen molar-refractivity contribution in [3.63, 3.8) is 0 Å². The summed E-state index contributed by atoms with van der Waals surface area (Å²) in [5, 5.41) is 11.8. The van der Waals surface area contributed by atoms with E-state index >= 15 is 0 Å². The SMILES string of the molecule is CCC(NC(=O)c1ccc(Cl)c(Cl)c1)C(=O)O. The number of nitrogens with one attached hydrogen (secondary N) is 1. The molecule has 1 aromatic rings. The van der Waals surface area contributed by atoms with Gasteiger partial charge < -0.3 is 10.4 Å². The molecule has 0 aliphatic heterocycles. The predicted octanol–water partition coefficient (Wildman–Crippen LogP) is 2.59. The van der Waals surface area contributed by atoms with Gasteiger partial charge in [0.25, 0.3) is 5.91 Å². The van der Waals surface area contributed by atoms with Crippen LogP contribution in [-0.4, -0.2) is 23.0 Å². The van der Waals surface area contributed by atoms with Gasteiger partial charge in [-0.15, -0.1) is 0 Å². The highest BCUT2D eigenvalue weighted by molar-refractivity contribution is 6.42. The Morgan fingerprint density at radius 1 is 1.35 bits per heavy atom. The molecule has 1 amide bonds. The number of rotatable bonds is 4. The number of halogens is 2. The molecule has 0 radical (unpaired) electrons. The van der Waals surface area contributed by atoms with E-state index in [9.17, 15) is 9.59 Å². The third-order valence-corrected chi connectivity index (χ3v) is 2.93. The minimum absolute atomic E-state index is 0.252. The molecule has 4 nitrogen and oxygen atoms in total. The second kappa shape index (κ2) is 5.89. The molecule has 0 bridgehead atoms. The second-order valence-corrected chi connectivity index (χ2v) is 4.22. The Morgan fingerprint density at radius 3 is 2.47 bits per heavy atom. The topological polar surface area (TPSA) is 66.4 Å². The quantitative estimate of drug-likeness (QED) is 0.888. The molecule has 0 saturated carbocycles. The van der Waals surface area contributed by atoms with Crippen molar-refractivity contribution in [2.45, 2.75) is 19.4 Å². The molecule has 6 heteroatoms. The summed E-state index contributed by atoms with van der Waals surface area (Å²) in [5.74, 6) is -1.56. The molecule has 1 unspecified atom stereocenters. The average Bonchev–Trinajstić information content (AvgIpc) is 2.28. The number of hydrogen-bond donors (Lipinski definition) is 2. The van der Waals surface area contributed by atoms with Crippen LogP contribution in [0.4, 0.5) is 0 Å². The maximum atomic E-state index is 11.7. The predicted molar refractivity (Wildman–Crippen MR) is 65.6 cm³/mol. The Kier molecular flexibility index (Phi) is 4.78. The molecule has 1 rings (SSSR count). The fourth-order valence-corrected chi connectivity index (χ4v) is 1.52. The van der Waals surface area contributed by atoms with Crippen LogP contribution in [0.1, 0.15) is 23.7 Å². The third kappa shape index (κ3) is 3.61. The van der Waals surface area contributed by atoms with Gasteiger partial charge >= 0.3 is 5.97 Å². The van der Waals surface area contributed by atoms with E-state index in [-0.39, 0.29) is 10.6 Å². The molecule has 0 saturated heterocycles. The van der Waals surface area contributed by atoms with E-state index in [4.69, 9.17) is 28.3 Å². The summed E-state index contributed by atoms with van der Waals surface area (Å²) in [4.78, 5) is 22.5. The lowest BCUT2D eigenvalue weighted by Gasteiger charge is -2.12. The summed E-state index contributed by atoms with van der Waals surface area (Å²) in [5.41, 5.74) is 0.277. The van der Waals surface area contributed by atoms with Crippen molar-refractivity contribution in [3.8, 4) is 0 Å². The first-order valence-corrected chi connectivity index (χ1v) is 5.70. The van der Waals surface area contributed by atoms with Gasteiger partial charge in [-0.2, -0.15) is 0 Å². The van der Waals surface area contributed by atoms with Crippen LogP contribution in [0.2, 0.25) is 10.0 Å². The number of carbonyl (C=O) groups excluding carboxylic acids is 1. The number of aliphatic carboxylic acids is 1. The van der Waals surface area contributed by atoms with E-state index < -0.39 is 17.9 Å². The highest BCUT2D eigenvalue weighted by Crippen LogP contribution is 2.22. The van der Waals surface area contributed by atoms with E-state index in [2.05, 4.69) is 5.32 Å². The summed E-state index contributed by atoms with van der Waals surface area (Å²) >= 11 is 11.5. The molecule has 0 fully saturated rings. The van der Waals surface area contributed by atoms with Crippen molar-refractivity contribution in [1.29, 1.82) is 0 Å². The number of carboxylic acid groups (broad SMARTS) is 1. The Morgan fingerprint density at radius 2 is 2.00 bits per heavy atom. The van der Waals surface area contributed by atoms with Gasteiger partial charge in [-0.3, -0.25) is 4.79 Å². The second-order valence-electron chi connectivity index (χ2n) is 3.40. The van der Waals surface area contributed by atoms with Crippen molar-refractivity contribution in [2.24, 2.45) is 0 Å². The van der Waals surface area contributed by atoms with Gasteiger partial charge in [0.15, 0.2) is 0 Å². The number of amides is 1. The van der Waals surface area contributed by atoms with Crippen LogP contribution in [-0.2, 0) is 4.79 Å². The van der Waals surface area contributed by atoms with Crippen molar-refractivity contribution in [2.75, 3.05) is 0 Å². The first kappa shape index (κ1) is 13.8. The Balaban J connectivity index is 2.82. The molecule has 0 aliphatic rings. The zero-order valence-corrected chi connectivity index (χ0v) is 10.5. The smallest absolute Gasteiger partial charge is 0.326 e. The van der Waals surface area contributed by atoms with Crippen molar-refractivity contribution in [3.05, 3.63) is 33.8 Å². The summed E-state index contributed by atoms with van der Waals surface area (Å²) < 4.78 is 0. The molecular weight excluding hydrogens is 265 g/mol. The maximum Gasteiger partial charge on any atom is 0.326 e. The van der Waals surface area contributed by atoms with Gasteiger partial charge in [0.05, 0.1) is 10.0 Å². The molecule has 2 N–H and O–H groups in total. The van der Waals surface area contributed by atoms with Crippen molar-refractivity contribution >= 4 is 35.1 Å². The number of benzene rings is 1. The summed E-state index contributed by atoms with van der Waals surface area (Å²) in [6.07, 6.45) is 0.308. The molecule has 1 atom stereocenters. The molecule has 17 heavy (non-hydrogen) atoms. The fourth-order valence-electron chi connectivity index (χ4n) is 1.22. The summed E-state index contributed by atoms with van der Waals surface area (Å²) in [7, 11) is 0. The highest BCUT2D eigenvalue weighted by atomic mass is 35.5. The fraction of sp³-hybridized carbons (Fsp3) is 0.273. The average molecular weight is 276 g/mol.